The van der Waals surface area contributed by atoms with Crippen molar-refractivity contribution < 1.29 is 0 Å². The average molecular weight is 759 g/mol. The molecule has 2 heterocycles. The van der Waals surface area contributed by atoms with E-state index in [1.807, 2.05) is 17.4 Å². The van der Waals surface area contributed by atoms with E-state index in [0.29, 0.717) is 5.82 Å². The normalized spacial score (nSPS) is 12.8. The molecule has 2 nitrogen and oxygen atoms in total. The summed E-state index contributed by atoms with van der Waals surface area (Å²) in [7, 11) is 0. The summed E-state index contributed by atoms with van der Waals surface area (Å²) in [5, 5.41) is 2.59. The first-order chi connectivity index (χ1) is 28.5. The van der Waals surface area contributed by atoms with Crippen molar-refractivity contribution in [3.8, 4) is 78.4 Å². The summed E-state index contributed by atoms with van der Waals surface area (Å²) in [6.07, 6.45) is 0. The lowest BCUT2D eigenvalue weighted by molar-refractivity contribution is 0.660. The van der Waals surface area contributed by atoms with Crippen LogP contribution in [0.4, 0.5) is 0 Å². The fraction of sp³-hybridized carbons (Fsp3) is 0.0545. The molecule has 0 radical (unpaired) electrons. The Labute approximate surface area is 342 Å². The monoisotopic (exact) mass is 758 g/mol. The smallest absolute Gasteiger partial charge is 0.160 e. The number of rotatable bonds is 6. The first-order valence-electron chi connectivity index (χ1n) is 19.9. The molecule has 0 amide bonds. The van der Waals surface area contributed by atoms with E-state index in [9.17, 15) is 0 Å². The first kappa shape index (κ1) is 34.3. The number of nitrogens with zero attached hydrogens (tertiary/aromatic N) is 2. The molecule has 2 aromatic heterocycles. The number of hydrogen-bond acceptors (Lipinski definition) is 3. The predicted molar refractivity (Wildman–Crippen MR) is 245 cm³/mol. The second kappa shape index (κ2) is 13.6. The minimum absolute atomic E-state index is 0.0465. The summed E-state index contributed by atoms with van der Waals surface area (Å²) in [6.45, 7) is 4.68. The number of hydrogen-bond donors (Lipinski definition) is 0. The second-order valence-electron chi connectivity index (χ2n) is 15.7. The van der Waals surface area contributed by atoms with Crippen LogP contribution in [0.15, 0.2) is 194 Å². The lowest BCUT2D eigenvalue weighted by Crippen LogP contribution is -2.14. The molecule has 0 fully saturated rings. The molecule has 274 valence electrons. The molecule has 0 bridgehead atoms. The van der Waals surface area contributed by atoms with Crippen LogP contribution in [0.5, 0.6) is 0 Å². The zero-order chi connectivity index (χ0) is 38.8. The van der Waals surface area contributed by atoms with Crippen LogP contribution in [0, 0.1) is 0 Å². The van der Waals surface area contributed by atoms with E-state index in [4.69, 9.17) is 9.97 Å². The molecule has 0 saturated carbocycles. The van der Waals surface area contributed by atoms with Crippen molar-refractivity contribution in [1.29, 1.82) is 0 Å². The fourth-order valence-electron chi connectivity index (χ4n) is 8.98. The molecule has 0 aliphatic heterocycles. The second-order valence-corrected chi connectivity index (χ2v) is 16.8. The van der Waals surface area contributed by atoms with Gasteiger partial charge in [-0.25, -0.2) is 9.97 Å². The Balaban J connectivity index is 1.07. The highest BCUT2D eigenvalue weighted by molar-refractivity contribution is 7.26. The standard InChI is InChI=1S/C55H38N2S/c1-55(2)47-24-11-9-20-46(47)52-42(21-14-25-48(52)55)36-27-29-37(30-28-36)49-34-50(57-54(56-49)38-17-7-4-8-18-38)41-32-39(35-15-5-3-6-16-35)31-40(33-41)43-22-13-23-45-44-19-10-12-26-51(44)58-53(43)45/h3-34H,1-2H3. The van der Waals surface area contributed by atoms with E-state index in [1.54, 1.807) is 0 Å². The maximum absolute atomic E-state index is 5.30. The largest absolute Gasteiger partial charge is 0.228 e. The van der Waals surface area contributed by atoms with Gasteiger partial charge in [0.2, 0.25) is 0 Å². The van der Waals surface area contributed by atoms with Crippen LogP contribution in [0.2, 0.25) is 0 Å². The Morgan fingerprint density at radius 1 is 0.379 bits per heavy atom. The van der Waals surface area contributed by atoms with Crippen molar-refractivity contribution in [2.24, 2.45) is 0 Å². The maximum Gasteiger partial charge on any atom is 0.160 e. The van der Waals surface area contributed by atoms with Gasteiger partial charge in [-0.1, -0.05) is 178 Å². The van der Waals surface area contributed by atoms with Gasteiger partial charge < -0.3 is 0 Å². The number of benzene rings is 8. The van der Waals surface area contributed by atoms with E-state index >= 15 is 0 Å². The van der Waals surface area contributed by atoms with Crippen molar-refractivity contribution in [3.05, 3.63) is 205 Å². The van der Waals surface area contributed by atoms with E-state index in [1.165, 1.54) is 70.2 Å². The van der Waals surface area contributed by atoms with Gasteiger partial charge >= 0.3 is 0 Å². The Hall–Kier alpha value is -6.94. The first-order valence-corrected chi connectivity index (χ1v) is 20.7. The molecule has 10 aromatic rings. The van der Waals surface area contributed by atoms with Crippen LogP contribution < -0.4 is 0 Å². The quantitative estimate of drug-likeness (QED) is 0.169. The third-order valence-corrected chi connectivity index (χ3v) is 13.1. The molecule has 11 rings (SSSR count). The van der Waals surface area contributed by atoms with Gasteiger partial charge in [0.15, 0.2) is 5.82 Å². The van der Waals surface area contributed by atoms with Gasteiger partial charge in [0.1, 0.15) is 0 Å². The highest BCUT2D eigenvalue weighted by Gasteiger charge is 2.36. The molecular weight excluding hydrogens is 721 g/mol. The summed E-state index contributed by atoms with van der Waals surface area (Å²) in [4.78, 5) is 10.5. The topological polar surface area (TPSA) is 25.8 Å². The van der Waals surface area contributed by atoms with Gasteiger partial charge in [-0.3, -0.25) is 0 Å². The molecule has 0 N–H and O–H groups in total. The van der Waals surface area contributed by atoms with Crippen molar-refractivity contribution in [3.63, 3.8) is 0 Å². The molecule has 0 atom stereocenters. The van der Waals surface area contributed by atoms with Crippen LogP contribution in [-0.2, 0) is 5.41 Å². The Kier molecular flexibility index (Phi) is 8.06. The zero-order valence-electron chi connectivity index (χ0n) is 32.3. The molecule has 3 heteroatoms. The number of thiophene rings is 1. The molecular formula is C55H38N2S. The SMILES string of the molecule is CC1(C)c2ccccc2-c2c(-c3ccc(-c4cc(-c5cc(-c6ccccc6)cc(-c6cccc7c6sc6ccccc67)c5)nc(-c5ccccc5)n4)cc3)cccc21. The summed E-state index contributed by atoms with van der Waals surface area (Å²) in [5.74, 6) is 0.704. The van der Waals surface area contributed by atoms with E-state index in [2.05, 4.69) is 202 Å². The molecule has 8 aromatic carbocycles. The lowest BCUT2D eigenvalue weighted by Gasteiger charge is -2.21. The van der Waals surface area contributed by atoms with Crippen molar-refractivity contribution in [2.45, 2.75) is 19.3 Å². The zero-order valence-corrected chi connectivity index (χ0v) is 33.1. The van der Waals surface area contributed by atoms with Crippen LogP contribution in [0.3, 0.4) is 0 Å². The predicted octanol–water partition coefficient (Wildman–Crippen LogP) is 15.2. The van der Waals surface area contributed by atoms with Crippen LogP contribution in [0.25, 0.3) is 98.6 Å². The van der Waals surface area contributed by atoms with Gasteiger partial charge in [-0.05, 0) is 86.0 Å². The fourth-order valence-corrected chi connectivity index (χ4v) is 10.2. The molecule has 1 aliphatic rings. The third kappa shape index (κ3) is 5.69. The van der Waals surface area contributed by atoms with E-state index < -0.39 is 0 Å². The maximum atomic E-state index is 5.30. The summed E-state index contributed by atoms with van der Waals surface area (Å²) >= 11 is 1.86. The highest BCUT2D eigenvalue weighted by Crippen LogP contribution is 2.52. The van der Waals surface area contributed by atoms with Gasteiger partial charge in [0.05, 0.1) is 11.4 Å². The summed E-state index contributed by atoms with van der Waals surface area (Å²) in [5.41, 5.74) is 17.4. The summed E-state index contributed by atoms with van der Waals surface area (Å²) < 4.78 is 2.60. The van der Waals surface area contributed by atoms with E-state index in [0.717, 1.165) is 33.6 Å². The average Bonchev–Trinajstić information content (AvgIpc) is 3.79. The molecule has 0 saturated heterocycles. The number of aromatic nitrogens is 2. The molecule has 58 heavy (non-hydrogen) atoms. The van der Waals surface area contributed by atoms with Gasteiger partial charge in [-0.15, -0.1) is 11.3 Å². The lowest BCUT2D eigenvalue weighted by atomic mass is 9.82. The third-order valence-electron chi connectivity index (χ3n) is 11.9. The van der Waals surface area contributed by atoms with Crippen molar-refractivity contribution in [2.75, 3.05) is 0 Å². The van der Waals surface area contributed by atoms with Crippen LogP contribution >= 0.6 is 11.3 Å². The highest BCUT2D eigenvalue weighted by atomic mass is 32.1. The summed E-state index contributed by atoms with van der Waals surface area (Å²) in [6, 6.07) is 70.1. The van der Waals surface area contributed by atoms with Gasteiger partial charge in [-0.2, -0.15) is 0 Å². The molecule has 0 spiro atoms. The van der Waals surface area contributed by atoms with Crippen molar-refractivity contribution in [1.82, 2.24) is 9.97 Å². The van der Waals surface area contributed by atoms with Crippen LogP contribution in [-0.4, -0.2) is 9.97 Å². The van der Waals surface area contributed by atoms with Crippen molar-refractivity contribution >= 4 is 31.5 Å². The van der Waals surface area contributed by atoms with Gasteiger partial charge in [0.25, 0.3) is 0 Å². The number of fused-ring (bicyclic) bond motifs is 6. The minimum atomic E-state index is -0.0465. The van der Waals surface area contributed by atoms with E-state index in [-0.39, 0.29) is 5.41 Å². The Bertz CT molecular complexity index is 3180. The van der Waals surface area contributed by atoms with Crippen LogP contribution in [0.1, 0.15) is 25.0 Å². The Morgan fingerprint density at radius 2 is 0.948 bits per heavy atom. The minimum Gasteiger partial charge on any atom is -0.228 e. The molecule has 1 aliphatic carbocycles. The molecule has 0 unspecified atom stereocenters. The Morgan fingerprint density at radius 3 is 1.76 bits per heavy atom. The van der Waals surface area contributed by atoms with Gasteiger partial charge in [0, 0.05) is 42.3 Å².